The van der Waals surface area contributed by atoms with E-state index in [9.17, 15) is 15.3 Å². The van der Waals surface area contributed by atoms with Gasteiger partial charge < -0.3 is 15.3 Å². The van der Waals surface area contributed by atoms with E-state index in [1.54, 1.807) is 12.1 Å². The molecule has 3 rings (SSSR count). The minimum absolute atomic E-state index is 0. The van der Waals surface area contributed by atoms with Gasteiger partial charge in [-0.15, -0.1) is 0 Å². The van der Waals surface area contributed by atoms with Crippen molar-refractivity contribution >= 4 is 0 Å². The Morgan fingerprint density at radius 3 is 1.35 bits per heavy atom. The number of phenols is 3. The van der Waals surface area contributed by atoms with Gasteiger partial charge in [-0.2, -0.15) is 0 Å². The van der Waals surface area contributed by atoms with Gasteiger partial charge in [0.05, 0.1) is 0 Å². The van der Waals surface area contributed by atoms with E-state index in [0.717, 1.165) is 44.5 Å². The van der Waals surface area contributed by atoms with Gasteiger partial charge in [-0.1, -0.05) is 13.5 Å². The van der Waals surface area contributed by atoms with Crippen LogP contribution >= 0.6 is 0 Å². The van der Waals surface area contributed by atoms with Crippen molar-refractivity contribution in [3.63, 3.8) is 0 Å². The van der Waals surface area contributed by atoms with Crippen molar-refractivity contribution in [1.29, 1.82) is 0 Å². The molecule has 26 heavy (non-hydrogen) atoms. The van der Waals surface area contributed by atoms with Crippen LogP contribution in [-0.4, -0.2) is 15.3 Å². The summed E-state index contributed by atoms with van der Waals surface area (Å²) in [4.78, 5) is 0. The fraction of sp³-hybridized carbons (Fsp3) is 0.217. The Balaban J connectivity index is 0.00000243. The first kappa shape index (κ1) is 19.4. The minimum Gasteiger partial charge on any atom is -0.508 e. The lowest BCUT2D eigenvalue weighted by Crippen LogP contribution is -1.90. The molecule has 0 heterocycles. The average molecular weight is 350 g/mol. The van der Waals surface area contributed by atoms with E-state index in [1.165, 1.54) is 0 Å². The van der Waals surface area contributed by atoms with E-state index in [0.29, 0.717) is 11.5 Å². The number of phenolic OH excluding ortho intramolecular Hbond substituents is 3. The third-order valence-corrected chi connectivity index (χ3v) is 4.61. The van der Waals surface area contributed by atoms with E-state index < -0.39 is 0 Å². The molecule has 0 aromatic heterocycles. The normalized spacial score (nSPS) is 10.5. The Morgan fingerprint density at radius 1 is 0.538 bits per heavy atom. The third-order valence-electron chi connectivity index (χ3n) is 4.61. The van der Waals surface area contributed by atoms with Crippen LogP contribution < -0.4 is 0 Å². The van der Waals surface area contributed by atoms with Crippen molar-refractivity contribution in [2.45, 2.75) is 35.1 Å². The second-order valence-corrected chi connectivity index (χ2v) is 6.65. The van der Waals surface area contributed by atoms with Gasteiger partial charge in [0.25, 0.3) is 0 Å². The third kappa shape index (κ3) is 3.38. The summed E-state index contributed by atoms with van der Waals surface area (Å²) in [5.74, 6) is 0.788. The summed E-state index contributed by atoms with van der Waals surface area (Å²) in [6.07, 6.45) is 0. The molecule has 3 aromatic carbocycles. The van der Waals surface area contributed by atoms with Crippen molar-refractivity contribution in [1.82, 2.24) is 0 Å². The van der Waals surface area contributed by atoms with Crippen LogP contribution in [0.3, 0.4) is 0 Å². The molecule has 0 aliphatic carbocycles. The molecule has 0 radical (unpaired) electrons. The van der Waals surface area contributed by atoms with Crippen LogP contribution in [0, 0.1) is 27.7 Å². The topological polar surface area (TPSA) is 60.7 Å². The van der Waals surface area contributed by atoms with Gasteiger partial charge in [0.1, 0.15) is 17.2 Å². The van der Waals surface area contributed by atoms with Crippen LogP contribution in [0.15, 0.2) is 42.5 Å². The number of benzene rings is 3. The summed E-state index contributed by atoms with van der Waals surface area (Å²) in [5, 5.41) is 30.1. The first-order valence-corrected chi connectivity index (χ1v) is 8.22. The highest BCUT2D eigenvalue weighted by molar-refractivity contribution is 5.86. The molecule has 0 unspecified atom stereocenters. The number of aryl methyl sites for hydroxylation is 4. The first-order chi connectivity index (χ1) is 11.8. The Bertz CT molecular complexity index is 925. The molecule has 3 heteroatoms. The minimum atomic E-state index is 0. The molecule has 0 atom stereocenters. The molecule has 3 aromatic rings. The van der Waals surface area contributed by atoms with Crippen molar-refractivity contribution in [2.24, 2.45) is 0 Å². The van der Waals surface area contributed by atoms with E-state index in [4.69, 9.17) is 0 Å². The molecular formula is C23H26O3. The molecular weight excluding hydrogens is 324 g/mol. The fourth-order valence-corrected chi connectivity index (χ4v) is 3.25. The molecule has 0 bridgehead atoms. The second kappa shape index (κ2) is 7.12. The molecule has 0 aliphatic rings. The summed E-state index contributed by atoms with van der Waals surface area (Å²) in [5.41, 5.74) is 6.97. The monoisotopic (exact) mass is 350 g/mol. The van der Waals surface area contributed by atoms with Crippen molar-refractivity contribution in [3.05, 3.63) is 64.7 Å². The van der Waals surface area contributed by atoms with Gasteiger partial charge in [-0.3, -0.25) is 0 Å². The number of hydrogen-bond donors (Lipinski definition) is 3. The smallest absolute Gasteiger partial charge is 0.121 e. The van der Waals surface area contributed by atoms with Gasteiger partial charge in [0.15, 0.2) is 0 Å². The summed E-state index contributed by atoms with van der Waals surface area (Å²) >= 11 is 0. The largest absolute Gasteiger partial charge is 0.508 e. The van der Waals surface area contributed by atoms with Crippen LogP contribution in [-0.2, 0) is 0 Å². The highest BCUT2D eigenvalue weighted by Gasteiger charge is 2.13. The first-order valence-electron chi connectivity index (χ1n) is 8.22. The summed E-state index contributed by atoms with van der Waals surface area (Å²) in [6, 6.07) is 13.0. The van der Waals surface area contributed by atoms with E-state index in [1.807, 2.05) is 58.0 Å². The summed E-state index contributed by atoms with van der Waals surface area (Å²) in [7, 11) is 0. The van der Waals surface area contributed by atoms with Gasteiger partial charge >= 0.3 is 0 Å². The lowest BCUT2D eigenvalue weighted by Gasteiger charge is -2.15. The Hall–Kier alpha value is -2.94. The van der Waals surface area contributed by atoms with Crippen molar-refractivity contribution in [2.75, 3.05) is 0 Å². The molecule has 0 aliphatic heterocycles. The van der Waals surface area contributed by atoms with Crippen LogP contribution in [0.1, 0.15) is 29.7 Å². The van der Waals surface area contributed by atoms with E-state index in [-0.39, 0.29) is 13.2 Å². The molecule has 0 saturated heterocycles. The Morgan fingerprint density at radius 2 is 0.923 bits per heavy atom. The lowest BCUT2D eigenvalue weighted by atomic mass is 9.90. The fourth-order valence-electron chi connectivity index (χ4n) is 3.25. The molecule has 3 nitrogen and oxygen atoms in total. The zero-order valence-corrected chi connectivity index (χ0v) is 14.9. The maximum Gasteiger partial charge on any atom is 0.121 e. The van der Waals surface area contributed by atoms with Gasteiger partial charge in [0.2, 0.25) is 0 Å². The average Bonchev–Trinajstić information content (AvgIpc) is 2.56. The van der Waals surface area contributed by atoms with Gasteiger partial charge in [-0.25, -0.2) is 0 Å². The zero-order valence-electron chi connectivity index (χ0n) is 14.9. The Kier molecular flexibility index (Phi) is 5.31. The molecule has 136 valence electrons. The number of rotatable bonds is 2. The molecule has 0 saturated carbocycles. The van der Waals surface area contributed by atoms with Crippen LogP contribution in [0.25, 0.3) is 22.3 Å². The van der Waals surface area contributed by atoms with E-state index >= 15 is 0 Å². The number of aromatic hydroxyl groups is 3. The van der Waals surface area contributed by atoms with Gasteiger partial charge in [-0.05, 0) is 109 Å². The molecule has 0 amide bonds. The van der Waals surface area contributed by atoms with Crippen LogP contribution in [0.5, 0.6) is 17.2 Å². The highest BCUT2D eigenvalue weighted by atomic mass is 16.3. The maximum absolute atomic E-state index is 10.0. The molecule has 0 fully saturated rings. The standard InChI is InChI=1S/C22H22O3.CH4/c1-12-7-16(8-13(2)21(12)24)19-6-5-18(23)11-20(19)17-9-14(3)22(25)15(4)10-17;/h5-11,23-25H,1-4H3;1H4. The SMILES string of the molecule is C.Cc1cc(-c2ccc(O)cc2-c2cc(C)c(O)c(C)c2)cc(C)c1O. The summed E-state index contributed by atoms with van der Waals surface area (Å²) in [6.45, 7) is 7.48. The maximum atomic E-state index is 10.0. The van der Waals surface area contributed by atoms with Gasteiger partial charge in [0, 0.05) is 0 Å². The van der Waals surface area contributed by atoms with Crippen LogP contribution in [0.2, 0.25) is 0 Å². The van der Waals surface area contributed by atoms with Crippen LogP contribution in [0.4, 0.5) is 0 Å². The highest BCUT2D eigenvalue weighted by Crippen LogP contribution is 2.39. The summed E-state index contributed by atoms with van der Waals surface area (Å²) < 4.78 is 0. The Labute approximate surface area is 155 Å². The van der Waals surface area contributed by atoms with Crippen molar-refractivity contribution < 1.29 is 15.3 Å². The zero-order chi connectivity index (χ0) is 18.3. The molecule has 3 N–H and O–H groups in total. The van der Waals surface area contributed by atoms with E-state index in [2.05, 4.69) is 0 Å². The molecule has 0 spiro atoms. The van der Waals surface area contributed by atoms with Crippen molar-refractivity contribution in [3.8, 4) is 39.5 Å². The quantitative estimate of drug-likeness (QED) is 0.530. The lowest BCUT2D eigenvalue weighted by molar-refractivity contribution is 0.466. The predicted octanol–water partition coefficient (Wildman–Crippen LogP) is 6.01. The second-order valence-electron chi connectivity index (χ2n) is 6.65. The predicted molar refractivity (Wildman–Crippen MR) is 108 cm³/mol. The number of hydrogen-bond acceptors (Lipinski definition) is 3.